The van der Waals surface area contributed by atoms with Gasteiger partial charge in [0.25, 0.3) is 5.69 Å². The third kappa shape index (κ3) is 5.86. The van der Waals surface area contributed by atoms with Crippen molar-refractivity contribution in [2.24, 2.45) is 5.92 Å². The van der Waals surface area contributed by atoms with Crippen molar-refractivity contribution in [3.8, 4) is 5.75 Å². The van der Waals surface area contributed by atoms with Crippen molar-refractivity contribution < 1.29 is 19.6 Å². The van der Waals surface area contributed by atoms with Crippen molar-refractivity contribution in [3.63, 3.8) is 0 Å². The number of nitro benzene ring substituents is 1. The predicted octanol–water partition coefficient (Wildman–Crippen LogP) is 2.55. The maximum atomic E-state index is 10.6. The number of carbonyl (C=O) groups is 1. The van der Waals surface area contributed by atoms with Crippen molar-refractivity contribution >= 4 is 11.7 Å². The largest absolute Gasteiger partial charge is 0.492 e. The van der Waals surface area contributed by atoms with E-state index in [-0.39, 0.29) is 12.1 Å². The fourth-order valence-corrected chi connectivity index (χ4v) is 2.87. The summed E-state index contributed by atoms with van der Waals surface area (Å²) >= 11 is 0. The highest BCUT2D eigenvalue weighted by molar-refractivity contribution is 5.66. The molecule has 1 N–H and O–H groups in total. The van der Waals surface area contributed by atoms with Crippen LogP contribution in [0.15, 0.2) is 24.3 Å². The highest BCUT2D eigenvalue weighted by atomic mass is 16.6. The van der Waals surface area contributed by atoms with Crippen LogP contribution in [0.1, 0.15) is 25.7 Å². The molecule has 1 unspecified atom stereocenters. The lowest BCUT2D eigenvalue weighted by molar-refractivity contribution is -0.384. The Balaban J connectivity index is 1.70. The molecule has 0 spiro atoms. The second kappa shape index (κ2) is 8.47. The minimum atomic E-state index is -0.733. The zero-order chi connectivity index (χ0) is 16.7. The predicted molar refractivity (Wildman–Crippen MR) is 84.6 cm³/mol. The first-order valence-corrected chi connectivity index (χ1v) is 7.86. The van der Waals surface area contributed by atoms with E-state index in [9.17, 15) is 14.9 Å². The van der Waals surface area contributed by atoms with Crippen LogP contribution in [0.4, 0.5) is 5.69 Å². The molecule has 7 nitrogen and oxygen atoms in total. The summed E-state index contributed by atoms with van der Waals surface area (Å²) in [6, 6.07) is 6.06. The molecule has 1 saturated heterocycles. The number of nitro groups is 1. The monoisotopic (exact) mass is 322 g/mol. The highest BCUT2D eigenvalue weighted by Gasteiger charge is 2.20. The van der Waals surface area contributed by atoms with Gasteiger partial charge in [-0.1, -0.05) is 0 Å². The van der Waals surface area contributed by atoms with Gasteiger partial charge >= 0.3 is 5.97 Å². The van der Waals surface area contributed by atoms with Crippen molar-refractivity contribution in [2.75, 3.05) is 26.2 Å². The number of hydrogen-bond donors (Lipinski definition) is 1. The van der Waals surface area contributed by atoms with Crippen LogP contribution < -0.4 is 4.74 Å². The Bertz CT molecular complexity index is 532. The molecule has 2 rings (SSSR count). The van der Waals surface area contributed by atoms with Crippen LogP contribution in [0.2, 0.25) is 0 Å². The zero-order valence-electron chi connectivity index (χ0n) is 13.0. The maximum absolute atomic E-state index is 10.6. The van der Waals surface area contributed by atoms with Crippen molar-refractivity contribution in [2.45, 2.75) is 25.7 Å². The first-order valence-electron chi connectivity index (χ1n) is 7.86. The van der Waals surface area contributed by atoms with Gasteiger partial charge in [0.2, 0.25) is 0 Å². The summed E-state index contributed by atoms with van der Waals surface area (Å²) in [6.45, 7) is 3.22. The number of nitrogens with zero attached hydrogens (tertiary/aromatic N) is 2. The lowest BCUT2D eigenvalue weighted by atomic mass is 9.93. The average Bonchev–Trinajstić information content (AvgIpc) is 2.54. The number of ether oxygens (including phenoxy) is 1. The van der Waals surface area contributed by atoms with Gasteiger partial charge in [0.05, 0.1) is 4.92 Å². The van der Waals surface area contributed by atoms with E-state index >= 15 is 0 Å². The average molecular weight is 322 g/mol. The second-order valence-corrected chi connectivity index (χ2v) is 5.84. The molecule has 0 aromatic heterocycles. The Hall–Kier alpha value is -2.15. The molecule has 1 aromatic rings. The minimum Gasteiger partial charge on any atom is -0.492 e. The van der Waals surface area contributed by atoms with Gasteiger partial charge in [0.15, 0.2) is 0 Å². The minimum absolute atomic E-state index is 0.0506. The van der Waals surface area contributed by atoms with E-state index < -0.39 is 10.9 Å². The van der Waals surface area contributed by atoms with Crippen LogP contribution in [-0.2, 0) is 4.79 Å². The van der Waals surface area contributed by atoms with Gasteiger partial charge in [0.1, 0.15) is 12.4 Å². The quantitative estimate of drug-likeness (QED) is 0.584. The van der Waals surface area contributed by atoms with Crippen molar-refractivity contribution in [1.29, 1.82) is 0 Å². The fraction of sp³-hybridized carbons (Fsp3) is 0.562. The van der Waals surface area contributed by atoms with E-state index in [1.807, 2.05) is 0 Å². The van der Waals surface area contributed by atoms with Crippen LogP contribution in [0, 0.1) is 16.0 Å². The van der Waals surface area contributed by atoms with Crippen LogP contribution in [0.3, 0.4) is 0 Å². The van der Waals surface area contributed by atoms with Gasteiger partial charge in [-0.2, -0.15) is 0 Å². The van der Waals surface area contributed by atoms with Gasteiger partial charge in [-0.05, 0) is 43.9 Å². The van der Waals surface area contributed by atoms with Crippen LogP contribution in [0.25, 0.3) is 0 Å². The number of benzene rings is 1. The second-order valence-electron chi connectivity index (χ2n) is 5.84. The summed E-state index contributed by atoms with van der Waals surface area (Å²) in [4.78, 5) is 23.1. The molecule has 1 atom stereocenters. The van der Waals surface area contributed by atoms with Gasteiger partial charge in [-0.3, -0.25) is 19.8 Å². The third-order valence-corrected chi connectivity index (χ3v) is 4.09. The van der Waals surface area contributed by atoms with Crippen LogP contribution >= 0.6 is 0 Å². The Labute approximate surface area is 135 Å². The molecule has 126 valence electrons. The summed E-state index contributed by atoms with van der Waals surface area (Å²) in [6.07, 6.45) is 3.14. The number of hydrogen-bond acceptors (Lipinski definition) is 5. The van der Waals surface area contributed by atoms with E-state index in [1.165, 1.54) is 12.1 Å². The van der Waals surface area contributed by atoms with Gasteiger partial charge in [-0.25, -0.2) is 0 Å². The fourth-order valence-electron chi connectivity index (χ4n) is 2.87. The molecule has 0 radical (unpaired) electrons. The number of carboxylic acids is 1. The number of piperidine rings is 1. The molecule has 1 aliphatic rings. The number of aliphatic carboxylic acids is 1. The van der Waals surface area contributed by atoms with E-state index in [0.717, 1.165) is 38.9 Å². The molecule has 0 saturated carbocycles. The van der Waals surface area contributed by atoms with E-state index in [0.29, 0.717) is 18.3 Å². The molecule has 1 aromatic carbocycles. The molecular weight excluding hydrogens is 300 g/mol. The zero-order valence-corrected chi connectivity index (χ0v) is 13.0. The lowest BCUT2D eigenvalue weighted by Gasteiger charge is -2.32. The van der Waals surface area contributed by atoms with E-state index in [2.05, 4.69) is 4.90 Å². The number of rotatable bonds is 8. The Morgan fingerprint density at radius 3 is 2.78 bits per heavy atom. The van der Waals surface area contributed by atoms with E-state index in [4.69, 9.17) is 9.84 Å². The van der Waals surface area contributed by atoms with Crippen LogP contribution in [-0.4, -0.2) is 47.1 Å². The third-order valence-electron chi connectivity index (χ3n) is 4.09. The molecular formula is C16H22N2O5. The molecule has 7 heteroatoms. The normalized spacial score (nSPS) is 18.5. The number of non-ortho nitro benzene ring substituents is 1. The molecule has 0 bridgehead atoms. The Morgan fingerprint density at radius 2 is 2.13 bits per heavy atom. The molecule has 23 heavy (non-hydrogen) atoms. The molecule has 1 heterocycles. The number of carboxylic acid groups (broad SMARTS) is 1. The van der Waals surface area contributed by atoms with Gasteiger partial charge in [0, 0.05) is 31.6 Å². The molecule has 1 fully saturated rings. The molecule has 1 aliphatic heterocycles. The van der Waals surface area contributed by atoms with Crippen molar-refractivity contribution in [3.05, 3.63) is 34.4 Å². The van der Waals surface area contributed by atoms with E-state index in [1.54, 1.807) is 12.1 Å². The maximum Gasteiger partial charge on any atom is 0.303 e. The molecule has 0 aliphatic carbocycles. The number of likely N-dealkylation sites (tertiary alicyclic amines) is 1. The smallest absolute Gasteiger partial charge is 0.303 e. The van der Waals surface area contributed by atoms with Gasteiger partial charge in [-0.15, -0.1) is 0 Å². The first kappa shape index (κ1) is 17.2. The topological polar surface area (TPSA) is 92.9 Å². The summed E-state index contributed by atoms with van der Waals surface area (Å²) in [5.41, 5.74) is 0.0506. The summed E-state index contributed by atoms with van der Waals surface area (Å²) in [5.74, 6) is 0.331. The van der Waals surface area contributed by atoms with Gasteiger partial charge < -0.3 is 9.84 Å². The first-order chi connectivity index (χ1) is 11.0. The molecule has 0 amide bonds. The summed E-state index contributed by atoms with van der Waals surface area (Å²) in [7, 11) is 0. The SMILES string of the molecule is O=C(O)CCC1CCCN(CCOc2ccc([N+](=O)[O-])cc2)C1. The highest BCUT2D eigenvalue weighted by Crippen LogP contribution is 2.21. The Morgan fingerprint density at radius 1 is 1.39 bits per heavy atom. The standard InChI is InChI=1S/C16H22N2O5/c19-16(20)8-3-13-2-1-9-17(12-13)10-11-23-15-6-4-14(5-7-15)18(21)22/h4-7,13H,1-3,8-12H2,(H,19,20). The Kier molecular flexibility index (Phi) is 6.34. The summed E-state index contributed by atoms with van der Waals surface area (Å²) in [5, 5.41) is 19.3. The van der Waals surface area contributed by atoms with Crippen molar-refractivity contribution in [1.82, 2.24) is 4.90 Å². The summed E-state index contributed by atoms with van der Waals surface area (Å²) < 4.78 is 5.62. The van der Waals surface area contributed by atoms with Crippen LogP contribution in [0.5, 0.6) is 5.75 Å². The lowest BCUT2D eigenvalue weighted by Crippen LogP contribution is -2.38.